The Kier molecular flexibility index (Phi) is 9.38. The second kappa shape index (κ2) is 13.4. The lowest BCUT2D eigenvalue weighted by Gasteiger charge is -2.18. The zero-order chi connectivity index (χ0) is 32.2. The molecule has 5 aromatic rings. The lowest BCUT2D eigenvalue weighted by atomic mass is 9.96. The summed E-state index contributed by atoms with van der Waals surface area (Å²) >= 11 is 3.32. The van der Waals surface area contributed by atoms with Crippen LogP contribution < -0.4 is 15.0 Å². The SMILES string of the molecule is CCOc1cc(C)c(-c2nc3ccccc3c(=O)n2N=Cc2cc(Br)cc([N+](=O)[O-])c2OCc2ccccc2F)cc1C(C)C. The number of halogens is 2. The van der Waals surface area contributed by atoms with Crippen molar-refractivity contribution in [2.45, 2.75) is 40.2 Å². The molecule has 0 aliphatic heterocycles. The highest BCUT2D eigenvalue weighted by Crippen LogP contribution is 2.36. The Morgan fingerprint density at radius 1 is 1.09 bits per heavy atom. The molecular formula is C34H30BrFN4O5. The van der Waals surface area contributed by atoms with Gasteiger partial charge >= 0.3 is 5.69 Å². The monoisotopic (exact) mass is 672 g/mol. The van der Waals surface area contributed by atoms with Gasteiger partial charge in [-0.1, -0.05) is 60.1 Å². The molecule has 0 N–H and O–H groups in total. The van der Waals surface area contributed by atoms with E-state index in [0.717, 1.165) is 16.9 Å². The largest absolute Gasteiger partial charge is 0.494 e. The van der Waals surface area contributed by atoms with Gasteiger partial charge in [-0.25, -0.2) is 9.37 Å². The van der Waals surface area contributed by atoms with E-state index in [1.54, 1.807) is 42.5 Å². The number of hydrogen-bond donors (Lipinski definition) is 0. The second-order valence-electron chi connectivity index (χ2n) is 10.6. The van der Waals surface area contributed by atoms with Crippen molar-refractivity contribution in [3.05, 3.63) is 126 Å². The van der Waals surface area contributed by atoms with Crippen LogP contribution in [0.1, 0.15) is 48.9 Å². The van der Waals surface area contributed by atoms with Crippen molar-refractivity contribution in [2.75, 3.05) is 6.61 Å². The van der Waals surface area contributed by atoms with E-state index in [1.165, 1.54) is 29.1 Å². The molecule has 230 valence electrons. The van der Waals surface area contributed by atoms with Gasteiger partial charge in [0.15, 0.2) is 5.82 Å². The zero-order valence-electron chi connectivity index (χ0n) is 25.1. The van der Waals surface area contributed by atoms with Gasteiger partial charge < -0.3 is 9.47 Å². The summed E-state index contributed by atoms with van der Waals surface area (Å²) in [4.78, 5) is 30.2. The van der Waals surface area contributed by atoms with Gasteiger partial charge in [-0.15, -0.1) is 0 Å². The fraction of sp³-hybridized carbons (Fsp3) is 0.206. The van der Waals surface area contributed by atoms with Crippen molar-refractivity contribution in [3.8, 4) is 22.9 Å². The van der Waals surface area contributed by atoms with Crippen LogP contribution in [-0.4, -0.2) is 27.4 Å². The maximum atomic E-state index is 14.3. The highest BCUT2D eigenvalue weighted by Gasteiger charge is 2.22. The molecular weight excluding hydrogens is 643 g/mol. The normalized spacial score (nSPS) is 11.4. The van der Waals surface area contributed by atoms with Gasteiger partial charge in [-0.3, -0.25) is 14.9 Å². The first-order valence-electron chi connectivity index (χ1n) is 14.3. The Bertz CT molecular complexity index is 2010. The third-order valence-corrected chi connectivity index (χ3v) is 7.63. The van der Waals surface area contributed by atoms with Gasteiger partial charge in [0, 0.05) is 27.2 Å². The summed E-state index contributed by atoms with van der Waals surface area (Å²) in [5, 5.41) is 16.9. The van der Waals surface area contributed by atoms with Crippen LogP contribution in [0.5, 0.6) is 11.5 Å². The van der Waals surface area contributed by atoms with Crippen LogP contribution in [0.15, 0.2) is 87.2 Å². The van der Waals surface area contributed by atoms with E-state index in [9.17, 15) is 19.3 Å². The van der Waals surface area contributed by atoms with E-state index >= 15 is 0 Å². The number of aromatic nitrogens is 2. The predicted octanol–water partition coefficient (Wildman–Crippen LogP) is 8.17. The number of aryl methyl sites for hydroxylation is 1. The molecule has 0 atom stereocenters. The molecule has 9 nitrogen and oxygen atoms in total. The van der Waals surface area contributed by atoms with E-state index in [-0.39, 0.29) is 40.9 Å². The molecule has 11 heteroatoms. The van der Waals surface area contributed by atoms with E-state index in [0.29, 0.717) is 27.5 Å². The first-order chi connectivity index (χ1) is 21.6. The molecule has 0 unspecified atom stereocenters. The summed E-state index contributed by atoms with van der Waals surface area (Å²) in [7, 11) is 0. The molecule has 0 fully saturated rings. The number of rotatable bonds is 10. The molecule has 45 heavy (non-hydrogen) atoms. The number of fused-ring (bicyclic) bond motifs is 1. The van der Waals surface area contributed by atoms with Crippen molar-refractivity contribution < 1.29 is 18.8 Å². The van der Waals surface area contributed by atoms with Crippen LogP contribution in [0, 0.1) is 22.9 Å². The molecule has 0 saturated heterocycles. The summed E-state index contributed by atoms with van der Waals surface area (Å²) in [6.07, 6.45) is 1.31. The topological polar surface area (TPSA) is 109 Å². The summed E-state index contributed by atoms with van der Waals surface area (Å²) in [6.45, 7) is 8.18. The molecule has 1 aromatic heterocycles. The average molecular weight is 674 g/mol. The summed E-state index contributed by atoms with van der Waals surface area (Å²) in [6, 6.07) is 19.7. The number of para-hydroxylation sites is 1. The van der Waals surface area contributed by atoms with Gasteiger partial charge in [0.1, 0.15) is 18.2 Å². The summed E-state index contributed by atoms with van der Waals surface area (Å²) in [5.41, 5.74) is 2.59. The van der Waals surface area contributed by atoms with Gasteiger partial charge in [0.25, 0.3) is 5.56 Å². The Morgan fingerprint density at radius 3 is 2.53 bits per heavy atom. The molecule has 4 aromatic carbocycles. The van der Waals surface area contributed by atoms with Crippen molar-refractivity contribution in [2.24, 2.45) is 5.10 Å². The van der Waals surface area contributed by atoms with Crippen LogP contribution in [0.4, 0.5) is 10.1 Å². The van der Waals surface area contributed by atoms with Crippen molar-refractivity contribution in [3.63, 3.8) is 0 Å². The lowest BCUT2D eigenvalue weighted by molar-refractivity contribution is -0.386. The van der Waals surface area contributed by atoms with E-state index < -0.39 is 16.3 Å². The molecule has 0 amide bonds. The smallest absolute Gasteiger partial charge is 0.312 e. The molecule has 0 aliphatic rings. The van der Waals surface area contributed by atoms with Crippen LogP contribution >= 0.6 is 15.9 Å². The maximum absolute atomic E-state index is 14.3. The minimum atomic E-state index is -0.593. The number of nitrogens with zero attached hydrogens (tertiary/aromatic N) is 4. The third-order valence-electron chi connectivity index (χ3n) is 7.18. The Hall–Kier alpha value is -4.90. The molecule has 0 saturated carbocycles. The molecule has 0 aliphatic carbocycles. The van der Waals surface area contributed by atoms with Crippen LogP contribution in [0.25, 0.3) is 22.3 Å². The van der Waals surface area contributed by atoms with Gasteiger partial charge in [-0.05, 0) is 67.3 Å². The minimum absolute atomic E-state index is 0.117. The maximum Gasteiger partial charge on any atom is 0.312 e. The first kappa shape index (κ1) is 31.5. The Labute approximate surface area is 267 Å². The number of hydrogen-bond acceptors (Lipinski definition) is 7. The van der Waals surface area contributed by atoms with E-state index in [2.05, 4.69) is 34.9 Å². The van der Waals surface area contributed by atoms with Gasteiger partial charge in [-0.2, -0.15) is 9.78 Å². The van der Waals surface area contributed by atoms with Gasteiger partial charge in [0.05, 0.1) is 28.6 Å². The fourth-order valence-electron chi connectivity index (χ4n) is 4.95. The predicted molar refractivity (Wildman–Crippen MR) is 176 cm³/mol. The van der Waals surface area contributed by atoms with E-state index in [1.807, 2.05) is 26.0 Å². The van der Waals surface area contributed by atoms with Crippen molar-refractivity contribution >= 4 is 38.7 Å². The molecule has 0 bridgehead atoms. The number of nitro groups is 1. The van der Waals surface area contributed by atoms with Crippen LogP contribution in [0.2, 0.25) is 0 Å². The number of ether oxygens (including phenoxy) is 2. The first-order valence-corrected chi connectivity index (χ1v) is 15.1. The molecule has 5 rings (SSSR count). The van der Waals surface area contributed by atoms with Crippen molar-refractivity contribution in [1.29, 1.82) is 0 Å². The number of nitro benzene ring substituents is 1. The summed E-state index contributed by atoms with van der Waals surface area (Å²) in [5.74, 6) is 0.530. The van der Waals surface area contributed by atoms with Crippen LogP contribution in [0.3, 0.4) is 0 Å². The third kappa shape index (κ3) is 6.63. The highest BCUT2D eigenvalue weighted by atomic mass is 79.9. The average Bonchev–Trinajstić information content (AvgIpc) is 3.00. The Morgan fingerprint density at radius 2 is 1.82 bits per heavy atom. The van der Waals surface area contributed by atoms with Crippen LogP contribution in [-0.2, 0) is 6.61 Å². The quantitative estimate of drug-likeness (QED) is 0.0841. The molecule has 0 radical (unpaired) electrons. The highest BCUT2D eigenvalue weighted by molar-refractivity contribution is 9.10. The number of benzene rings is 4. The van der Waals surface area contributed by atoms with Gasteiger partial charge in [0.2, 0.25) is 5.75 Å². The second-order valence-corrected chi connectivity index (χ2v) is 11.5. The van der Waals surface area contributed by atoms with E-state index in [4.69, 9.17) is 14.5 Å². The van der Waals surface area contributed by atoms with Crippen molar-refractivity contribution in [1.82, 2.24) is 9.66 Å². The standard InChI is InChI=1S/C34H30BrFN4O5/c1-5-44-31-14-21(4)27(17-26(31)20(2)3)33-38-29-13-9-7-11-25(29)34(41)39(33)37-18-23-15-24(35)16-30(40(42)43)32(23)45-19-22-10-6-8-12-28(22)36/h6-18,20H,5,19H2,1-4H3. The fourth-order valence-corrected chi connectivity index (χ4v) is 5.41. The summed E-state index contributed by atoms with van der Waals surface area (Å²) < 4.78 is 27.7. The zero-order valence-corrected chi connectivity index (χ0v) is 26.7. The Balaban J connectivity index is 1.70. The molecule has 0 spiro atoms. The minimum Gasteiger partial charge on any atom is -0.494 e. The lowest BCUT2D eigenvalue weighted by Crippen LogP contribution is -2.21. The molecule has 1 heterocycles.